The van der Waals surface area contributed by atoms with Crippen molar-refractivity contribution in [2.45, 2.75) is 13.5 Å². The van der Waals surface area contributed by atoms with Crippen molar-refractivity contribution in [3.63, 3.8) is 0 Å². The molecule has 0 bridgehead atoms. The molecule has 2 aromatic rings. The summed E-state index contributed by atoms with van der Waals surface area (Å²) in [6.45, 7) is 1.20. The van der Waals surface area contributed by atoms with Crippen LogP contribution in [0.3, 0.4) is 0 Å². The molecule has 6 nitrogen and oxygen atoms in total. The molecular formula is C10H10BFN2O4. The van der Waals surface area contributed by atoms with E-state index in [1.807, 2.05) is 0 Å². The second-order valence-corrected chi connectivity index (χ2v) is 3.74. The highest BCUT2D eigenvalue weighted by Crippen LogP contribution is 2.09. The summed E-state index contributed by atoms with van der Waals surface area (Å²) >= 11 is 0. The fraction of sp³-hybridized carbons (Fsp3) is 0.200. The van der Waals surface area contributed by atoms with Crippen LogP contribution in [0.15, 0.2) is 18.5 Å². The number of carbonyl (C=O) groups is 1. The van der Waals surface area contributed by atoms with E-state index in [2.05, 4.69) is 4.98 Å². The summed E-state index contributed by atoms with van der Waals surface area (Å²) in [6, 6.07) is 0.989. The Morgan fingerprint density at radius 1 is 1.56 bits per heavy atom. The van der Waals surface area contributed by atoms with Crippen molar-refractivity contribution in [1.82, 2.24) is 9.38 Å². The van der Waals surface area contributed by atoms with Crippen LogP contribution in [0.4, 0.5) is 4.39 Å². The maximum atomic E-state index is 13.6. The highest BCUT2D eigenvalue weighted by Gasteiger charge is 2.16. The minimum Gasteiger partial charge on any atom is -0.459 e. The third-order valence-corrected chi connectivity index (χ3v) is 2.30. The van der Waals surface area contributed by atoms with E-state index in [1.54, 1.807) is 0 Å². The zero-order valence-corrected chi connectivity index (χ0v) is 9.50. The molecule has 0 unspecified atom stereocenters. The number of esters is 1. The van der Waals surface area contributed by atoms with Crippen molar-refractivity contribution in [2.75, 3.05) is 0 Å². The van der Waals surface area contributed by atoms with E-state index in [4.69, 9.17) is 14.8 Å². The van der Waals surface area contributed by atoms with Crippen LogP contribution in [-0.2, 0) is 16.1 Å². The van der Waals surface area contributed by atoms with E-state index in [0.29, 0.717) is 5.69 Å². The molecule has 0 saturated carbocycles. The maximum Gasteiger partial charge on any atom is 0.490 e. The van der Waals surface area contributed by atoms with Crippen LogP contribution < -0.4 is 5.46 Å². The van der Waals surface area contributed by atoms with Crippen molar-refractivity contribution in [3.05, 3.63) is 30.0 Å². The zero-order valence-electron chi connectivity index (χ0n) is 9.50. The Kier molecular flexibility index (Phi) is 3.31. The first-order valence-corrected chi connectivity index (χ1v) is 5.14. The first kappa shape index (κ1) is 12.5. The van der Waals surface area contributed by atoms with Gasteiger partial charge < -0.3 is 19.2 Å². The predicted octanol–water partition coefficient (Wildman–Crippen LogP) is -0.784. The molecule has 18 heavy (non-hydrogen) atoms. The van der Waals surface area contributed by atoms with Gasteiger partial charge in [-0.25, -0.2) is 9.37 Å². The van der Waals surface area contributed by atoms with Gasteiger partial charge in [-0.15, -0.1) is 0 Å². The normalized spacial score (nSPS) is 10.7. The quantitative estimate of drug-likeness (QED) is 0.552. The van der Waals surface area contributed by atoms with Crippen LogP contribution in [0.5, 0.6) is 0 Å². The number of nitrogens with zero attached hydrogens (tertiary/aromatic N) is 2. The second-order valence-electron chi connectivity index (χ2n) is 3.74. The number of ether oxygens (including phenoxy) is 1. The second kappa shape index (κ2) is 4.75. The van der Waals surface area contributed by atoms with Gasteiger partial charge in [0.2, 0.25) is 0 Å². The van der Waals surface area contributed by atoms with Crippen molar-refractivity contribution >= 4 is 24.2 Å². The highest BCUT2D eigenvalue weighted by molar-refractivity contribution is 6.58. The molecule has 0 aromatic carbocycles. The minimum atomic E-state index is -1.76. The van der Waals surface area contributed by atoms with E-state index in [9.17, 15) is 9.18 Å². The average Bonchev–Trinajstić information content (AvgIpc) is 2.69. The van der Waals surface area contributed by atoms with Crippen molar-refractivity contribution in [2.24, 2.45) is 0 Å². The third-order valence-electron chi connectivity index (χ3n) is 2.30. The van der Waals surface area contributed by atoms with E-state index < -0.39 is 18.9 Å². The Morgan fingerprint density at radius 2 is 2.28 bits per heavy atom. The molecule has 0 aliphatic carbocycles. The van der Waals surface area contributed by atoms with Gasteiger partial charge in [-0.3, -0.25) is 4.79 Å². The maximum absolute atomic E-state index is 13.6. The van der Waals surface area contributed by atoms with E-state index in [1.165, 1.54) is 23.7 Å². The van der Waals surface area contributed by atoms with Gasteiger partial charge in [0.1, 0.15) is 6.61 Å². The van der Waals surface area contributed by atoms with Crippen molar-refractivity contribution in [1.29, 1.82) is 0 Å². The van der Waals surface area contributed by atoms with Gasteiger partial charge in [0, 0.05) is 24.8 Å². The van der Waals surface area contributed by atoms with Crippen molar-refractivity contribution < 1.29 is 24.0 Å². The lowest BCUT2D eigenvalue weighted by Crippen LogP contribution is -2.31. The summed E-state index contributed by atoms with van der Waals surface area (Å²) < 4.78 is 19.7. The lowest BCUT2D eigenvalue weighted by atomic mass is 9.82. The van der Waals surface area contributed by atoms with Crippen LogP contribution in [-0.4, -0.2) is 32.5 Å². The Morgan fingerprint density at radius 3 is 2.89 bits per heavy atom. The van der Waals surface area contributed by atoms with Gasteiger partial charge in [0.05, 0.1) is 5.69 Å². The molecule has 94 valence electrons. The number of hydrogen-bond donors (Lipinski definition) is 2. The highest BCUT2D eigenvalue weighted by atomic mass is 19.1. The number of carbonyl (C=O) groups excluding carboxylic acids is 1. The monoisotopic (exact) mass is 252 g/mol. The number of fused-ring (bicyclic) bond motifs is 1. The molecule has 8 heteroatoms. The van der Waals surface area contributed by atoms with Gasteiger partial charge >= 0.3 is 13.1 Å². The summed E-state index contributed by atoms with van der Waals surface area (Å²) in [5.41, 5.74) is 0.409. The van der Waals surface area contributed by atoms with Gasteiger partial charge in [-0.1, -0.05) is 0 Å². The molecule has 2 heterocycles. The molecule has 0 atom stereocenters. The summed E-state index contributed by atoms with van der Waals surface area (Å²) in [7, 11) is -1.76. The molecule has 2 rings (SSSR count). The molecule has 0 saturated heterocycles. The van der Waals surface area contributed by atoms with Gasteiger partial charge in [0.25, 0.3) is 0 Å². The fourth-order valence-corrected chi connectivity index (χ4v) is 1.51. The number of hydrogen-bond acceptors (Lipinski definition) is 5. The molecule has 0 amide bonds. The zero-order chi connectivity index (χ0) is 13.3. The lowest BCUT2D eigenvalue weighted by Gasteiger charge is -2.01. The molecule has 0 spiro atoms. The van der Waals surface area contributed by atoms with Crippen LogP contribution in [0, 0.1) is 5.82 Å². The van der Waals surface area contributed by atoms with E-state index in [0.717, 1.165) is 6.07 Å². The predicted molar refractivity (Wildman–Crippen MR) is 60.4 cm³/mol. The SMILES string of the molecule is CC(=O)OCc1cn2cc(B(O)O)cc(F)c2n1. The summed E-state index contributed by atoms with van der Waals surface area (Å²) in [6.07, 6.45) is 2.79. The van der Waals surface area contributed by atoms with Gasteiger partial charge in [-0.2, -0.15) is 0 Å². The number of halogens is 1. The topological polar surface area (TPSA) is 84.1 Å². The number of aromatic nitrogens is 2. The van der Waals surface area contributed by atoms with E-state index in [-0.39, 0.29) is 17.7 Å². The van der Waals surface area contributed by atoms with Gasteiger partial charge in [0.15, 0.2) is 11.5 Å². The molecule has 0 aliphatic rings. The number of pyridine rings is 1. The lowest BCUT2D eigenvalue weighted by molar-refractivity contribution is -0.142. The first-order valence-electron chi connectivity index (χ1n) is 5.14. The van der Waals surface area contributed by atoms with Crippen LogP contribution in [0.1, 0.15) is 12.6 Å². The third kappa shape index (κ3) is 2.49. The van der Waals surface area contributed by atoms with E-state index >= 15 is 0 Å². The van der Waals surface area contributed by atoms with Gasteiger partial charge in [-0.05, 0) is 6.07 Å². The molecule has 0 radical (unpaired) electrons. The van der Waals surface area contributed by atoms with Crippen LogP contribution in [0.2, 0.25) is 0 Å². The standard InChI is InChI=1S/C10H10BFN2O4/c1-6(15)18-5-8-4-14-3-7(11(16)17)2-9(12)10(14)13-8/h2-4,16-17H,5H2,1H3. The summed E-state index contributed by atoms with van der Waals surface area (Å²) in [5.74, 6) is -1.14. The number of rotatable bonds is 3. The van der Waals surface area contributed by atoms with Crippen LogP contribution in [0.25, 0.3) is 5.65 Å². The Balaban J connectivity index is 2.38. The molecule has 2 aromatic heterocycles. The Hall–Kier alpha value is -1.93. The molecular weight excluding hydrogens is 242 g/mol. The molecule has 0 fully saturated rings. The minimum absolute atomic E-state index is 0.0106. The fourth-order valence-electron chi connectivity index (χ4n) is 1.51. The summed E-state index contributed by atoms with van der Waals surface area (Å²) in [4.78, 5) is 14.6. The Bertz CT molecular complexity index is 599. The Labute approximate surface area is 102 Å². The molecule has 0 aliphatic heterocycles. The van der Waals surface area contributed by atoms with Crippen molar-refractivity contribution in [3.8, 4) is 0 Å². The first-order chi connectivity index (χ1) is 8.47. The average molecular weight is 252 g/mol. The van der Waals surface area contributed by atoms with Crippen LogP contribution >= 0.6 is 0 Å². The summed E-state index contributed by atoms with van der Waals surface area (Å²) in [5, 5.41) is 18.0. The molecule has 2 N–H and O–H groups in total. The number of imidazole rings is 1. The smallest absolute Gasteiger partial charge is 0.459 e. The largest absolute Gasteiger partial charge is 0.490 e.